The van der Waals surface area contributed by atoms with E-state index in [0.29, 0.717) is 6.61 Å². The lowest BCUT2D eigenvalue weighted by atomic mass is 10.1. The molecule has 0 spiro atoms. The molecule has 0 saturated carbocycles. The standard InChI is InChI=1S/C12H17N5O/c1-17-12(9-14-16-17)11(15-13)7-8-18-10-5-3-2-4-6-10/h2-6,9,11,15H,7-8,13H2,1H3. The Hall–Kier alpha value is -1.92. The third-order valence-electron chi connectivity index (χ3n) is 2.73. The summed E-state index contributed by atoms with van der Waals surface area (Å²) in [7, 11) is 1.84. The highest BCUT2D eigenvalue weighted by molar-refractivity contribution is 5.20. The number of aromatic nitrogens is 3. The van der Waals surface area contributed by atoms with E-state index < -0.39 is 0 Å². The van der Waals surface area contributed by atoms with E-state index in [1.54, 1.807) is 10.9 Å². The smallest absolute Gasteiger partial charge is 0.119 e. The van der Waals surface area contributed by atoms with Crippen LogP contribution < -0.4 is 16.0 Å². The summed E-state index contributed by atoms with van der Waals surface area (Å²) in [4.78, 5) is 0. The molecule has 2 aromatic rings. The average molecular weight is 247 g/mol. The number of nitrogens with one attached hydrogen (secondary N) is 1. The van der Waals surface area contributed by atoms with Crippen LogP contribution in [-0.4, -0.2) is 21.6 Å². The third kappa shape index (κ3) is 3.06. The number of aryl methyl sites for hydroxylation is 1. The number of hydrogen-bond acceptors (Lipinski definition) is 5. The van der Waals surface area contributed by atoms with Crippen LogP contribution in [0.25, 0.3) is 0 Å². The van der Waals surface area contributed by atoms with Crippen molar-refractivity contribution in [1.82, 2.24) is 20.4 Å². The highest BCUT2D eigenvalue weighted by Crippen LogP contribution is 2.15. The zero-order chi connectivity index (χ0) is 12.8. The number of hydrazine groups is 1. The SMILES string of the molecule is Cn1nncc1C(CCOc1ccccc1)NN. The zero-order valence-electron chi connectivity index (χ0n) is 10.3. The van der Waals surface area contributed by atoms with Crippen molar-refractivity contribution in [2.75, 3.05) is 6.61 Å². The molecule has 96 valence electrons. The molecule has 1 atom stereocenters. The summed E-state index contributed by atoms with van der Waals surface area (Å²) in [6.45, 7) is 0.573. The van der Waals surface area contributed by atoms with Crippen LogP contribution in [0.4, 0.5) is 0 Å². The molecule has 18 heavy (non-hydrogen) atoms. The summed E-state index contributed by atoms with van der Waals surface area (Å²) in [6, 6.07) is 9.68. The summed E-state index contributed by atoms with van der Waals surface area (Å²) in [5.41, 5.74) is 3.69. The molecule has 1 heterocycles. The molecule has 0 amide bonds. The van der Waals surface area contributed by atoms with Gasteiger partial charge in [-0.1, -0.05) is 23.4 Å². The second-order valence-electron chi connectivity index (χ2n) is 3.95. The van der Waals surface area contributed by atoms with Crippen molar-refractivity contribution in [3.8, 4) is 5.75 Å². The fourth-order valence-corrected chi connectivity index (χ4v) is 1.74. The molecular formula is C12H17N5O. The number of rotatable bonds is 6. The molecular weight excluding hydrogens is 230 g/mol. The quantitative estimate of drug-likeness (QED) is 0.583. The van der Waals surface area contributed by atoms with Crippen molar-refractivity contribution in [3.05, 3.63) is 42.2 Å². The van der Waals surface area contributed by atoms with Gasteiger partial charge in [0.2, 0.25) is 0 Å². The summed E-state index contributed by atoms with van der Waals surface area (Å²) >= 11 is 0. The van der Waals surface area contributed by atoms with Gasteiger partial charge < -0.3 is 4.74 Å². The van der Waals surface area contributed by atoms with E-state index in [0.717, 1.165) is 17.9 Å². The molecule has 1 aromatic carbocycles. The van der Waals surface area contributed by atoms with E-state index >= 15 is 0 Å². The first-order valence-electron chi connectivity index (χ1n) is 5.80. The Bertz CT molecular complexity index is 470. The molecule has 0 aliphatic heterocycles. The highest BCUT2D eigenvalue weighted by Gasteiger charge is 2.14. The maximum absolute atomic E-state index is 5.63. The number of ether oxygens (including phenoxy) is 1. The highest BCUT2D eigenvalue weighted by atomic mass is 16.5. The monoisotopic (exact) mass is 247 g/mol. The lowest BCUT2D eigenvalue weighted by molar-refractivity contribution is 0.283. The van der Waals surface area contributed by atoms with Crippen molar-refractivity contribution < 1.29 is 4.74 Å². The van der Waals surface area contributed by atoms with Gasteiger partial charge in [0, 0.05) is 13.5 Å². The largest absolute Gasteiger partial charge is 0.494 e. The molecule has 0 bridgehead atoms. The van der Waals surface area contributed by atoms with Gasteiger partial charge in [-0.15, -0.1) is 5.10 Å². The van der Waals surface area contributed by atoms with Crippen molar-refractivity contribution in [2.24, 2.45) is 12.9 Å². The van der Waals surface area contributed by atoms with Gasteiger partial charge in [-0.25, -0.2) is 0 Å². The third-order valence-corrected chi connectivity index (χ3v) is 2.73. The fourth-order valence-electron chi connectivity index (χ4n) is 1.74. The van der Waals surface area contributed by atoms with E-state index in [9.17, 15) is 0 Å². The Labute approximate surface area is 106 Å². The molecule has 0 radical (unpaired) electrons. The molecule has 0 aliphatic carbocycles. The average Bonchev–Trinajstić information content (AvgIpc) is 2.82. The van der Waals surface area contributed by atoms with Crippen molar-refractivity contribution in [3.63, 3.8) is 0 Å². The van der Waals surface area contributed by atoms with Crippen molar-refractivity contribution >= 4 is 0 Å². The second kappa shape index (κ2) is 6.13. The van der Waals surface area contributed by atoms with Crippen LogP contribution in [0, 0.1) is 0 Å². The Morgan fingerprint density at radius 2 is 2.17 bits per heavy atom. The summed E-state index contributed by atoms with van der Waals surface area (Å²) < 4.78 is 7.33. The van der Waals surface area contributed by atoms with E-state index in [1.165, 1.54) is 0 Å². The normalized spacial score (nSPS) is 12.3. The molecule has 0 aliphatic rings. The van der Waals surface area contributed by atoms with Crippen molar-refractivity contribution in [1.29, 1.82) is 0 Å². The van der Waals surface area contributed by atoms with Gasteiger partial charge in [0.1, 0.15) is 5.75 Å². The van der Waals surface area contributed by atoms with E-state index in [-0.39, 0.29) is 6.04 Å². The topological polar surface area (TPSA) is 78.0 Å². The molecule has 1 aromatic heterocycles. The molecule has 6 heteroatoms. The van der Waals surface area contributed by atoms with E-state index in [2.05, 4.69) is 15.7 Å². The molecule has 2 rings (SSSR count). The molecule has 6 nitrogen and oxygen atoms in total. The van der Waals surface area contributed by atoms with Gasteiger partial charge in [-0.05, 0) is 12.1 Å². The predicted molar refractivity (Wildman–Crippen MR) is 67.6 cm³/mol. The maximum Gasteiger partial charge on any atom is 0.119 e. The minimum atomic E-state index is -0.0197. The molecule has 0 saturated heterocycles. The first-order valence-corrected chi connectivity index (χ1v) is 5.80. The van der Waals surface area contributed by atoms with Crippen LogP contribution in [0.3, 0.4) is 0 Å². The minimum absolute atomic E-state index is 0.0197. The van der Waals surface area contributed by atoms with Crippen LogP contribution in [0.5, 0.6) is 5.75 Å². The Balaban J connectivity index is 1.87. The zero-order valence-corrected chi connectivity index (χ0v) is 10.3. The van der Waals surface area contributed by atoms with Crippen LogP contribution in [0.1, 0.15) is 18.2 Å². The lowest BCUT2D eigenvalue weighted by Gasteiger charge is -2.15. The van der Waals surface area contributed by atoms with Gasteiger partial charge >= 0.3 is 0 Å². The fraction of sp³-hybridized carbons (Fsp3) is 0.333. The molecule has 0 fully saturated rings. The first-order chi connectivity index (χ1) is 8.81. The Kier molecular flexibility index (Phi) is 4.27. The Morgan fingerprint density at radius 3 is 2.78 bits per heavy atom. The van der Waals surface area contributed by atoms with Crippen LogP contribution >= 0.6 is 0 Å². The minimum Gasteiger partial charge on any atom is -0.494 e. The maximum atomic E-state index is 5.63. The molecule has 1 unspecified atom stereocenters. The summed E-state index contributed by atoms with van der Waals surface area (Å²) in [5.74, 6) is 6.40. The van der Waals surface area contributed by atoms with Gasteiger partial charge in [-0.3, -0.25) is 16.0 Å². The summed E-state index contributed by atoms with van der Waals surface area (Å²) in [6.07, 6.45) is 2.44. The number of nitrogens with two attached hydrogens (primary N) is 1. The van der Waals surface area contributed by atoms with Gasteiger partial charge in [0.15, 0.2) is 0 Å². The number of benzene rings is 1. The van der Waals surface area contributed by atoms with Gasteiger partial charge in [0.25, 0.3) is 0 Å². The lowest BCUT2D eigenvalue weighted by Crippen LogP contribution is -2.30. The van der Waals surface area contributed by atoms with Gasteiger partial charge in [0.05, 0.1) is 24.5 Å². The number of hydrogen-bond donors (Lipinski definition) is 2. The summed E-state index contributed by atoms with van der Waals surface area (Å²) in [5, 5.41) is 7.72. The number of nitrogens with zero attached hydrogens (tertiary/aromatic N) is 3. The van der Waals surface area contributed by atoms with Crippen molar-refractivity contribution in [2.45, 2.75) is 12.5 Å². The van der Waals surface area contributed by atoms with Crippen LogP contribution in [0.15, 0.2) is 36.5 Å². The first kappa shape index (κ1) is 12.5. The van der Waals surface area contributed by atoms with Crippen LogP contribution in [-0.2, 0) is 7.05 Å². The van der Waals surface area contributed by atoms with E-state index in [1.807, 2.05) is 37.4 Å². The predicted octanol–water partition coefficient (Wildman–Crippen LogP) is 0.789. The van der Waals surface area contributed by atoms with Crippen LogP contribution in [0.2, 0.25) is 0 Å². The second-order valence-corrected chi connectivity index (χ2v) is 3.95. The molecule has 3 N–H and O–H groups in total. The Morgan fingerprint density at radius 1 is 1.39 bits per heavy atom. The number of para-hydroxylation sites is 1. The van der Waals surface area contributed by atoms with Gasteiger partial charge in [-0.2, -0.15) is 0 Å². The van der Waals surface area contributed by atoms with E-state index in [4.69, 9.17) is 10.6 Å².